The molecule has 0 unspecified atom stereocenters. The SMILES string of the molecule is Nc1nnc(C(=O)N2CCN(c3ccccc3F)CC2)s1. The highest BCUT2D eigenvalue weighted by Gasteiger charge is 2.25. The number of benzene rings is 1. The Balaban J connectivity index is 1.65. The number of carbonyl (C=O) groups excluding carboxylic acids is 1. The van der Waals surface area contributed by atoms with Crippen molar-refractivity contribution in [3.05, 3.63) is 35.1 Å². The van der Waals surface area contributed by atoms with Gasteiger partial charge in [0.2, 0.25) is 10.1 Å². The normalized spacial score (nSPS) is 15.3. The van der Waals surface area contributed by atoms with Crippen molar-refractivity contribution in [1.82, 2.24) is 15.1 Å². The highest BCUT2D eigenvalue weighted by molar-refractivity contribution is 7.16. The van der Waals surface area contributed by atoms with E-state index < -0.39 is 0 Å². The van der Waals surface area contributed by atoms with Crippen molar-refractivity contribution in [1.29, 1.82) is 0 Å². The monoisotopic (exact) mass is 307 g/mol. The number of nitrogens with two attached hydrogens (primary N) is 1. The summed E-state index contributed by atoms with van der Waals surface area (Å²) in [5.41, 5.74) is 6.06. The van der Waals surface area contributed by atoms with E-state index in [-0.39, 0.29) is 16.9 Å². The fraction of sp³-hybridized carbons (Fsp3) is 0.308. The molecule has 0 saturated carbocycles. The van der Waals surface area contributed by atoms with E-state index in [0.717, 1.165) is 11.3 Å². The highest BCUT2D eigenvalue weighted by atomic mass is 32.1. The zero-order valence-electron chi connectivity index (χ0n) is 11.2. The number of piperazine rings is 1. The van der Waals surface area contributed by atoms with Gasteiger partial charge in [-0.05, 0) is 12.1 Å². The summed E-state index contributed by atoms with van der Waals surface area (Å²) in [7, 11) is 0. The standard InChI is InChI=1S/C13H14FN5OS/c14-9-3-1-2-4-10(9)18-5-7-19(8-6-18)12(20)11-16-17-13(15)21-11/h1-4H,5-8H2,(H2,15,17). The number of rotatable bonds is 2. The lowest BCUT2D eigenvalue weighted by Crippen LogP contribution is -2.49. The molecule has 6 nitrogen and oxygen atoms in total. The third-order valence-electron chi connectivity index (χ3n) is 3.38. The third kappa shape index (κ3) is 2.80. The van der Waals surface area contributed by atoms with Gasteiger partial charge < -0.3 is 15.5 Å². The molecule has 1 aliphatic heterocycles. The third-order valence-corrected chi connectivity index (χ3v) is 4.12. The molecule has 0 bridgehead atoms. The van der Waals surface area contributed by atoms with Crippen molar-refractivity contribution < 1.29 is 9.18 Å². The number of nitrogen functional groups attached to an aromatic ring is 1. The second-order valence-electron chi connectivity index (χ2n) is 4.68. The van der Waals surface area contributed by atoms with Gasteiger partial charge >= 0.3 is 0 Å². The van der Waals surface area contributed by atoms with Crippen LogP contribution >= 0.6 is 11.3 Å². The second-order valence-corrected chi connectivity index (χ2v) is 5.69. The number of aromatic nitrogens is 2. The number of anilines is 2. The van der Waals surface area contributed by atoms with Gasteiger partial charge in [0.15, 0.2) is 0 Å². The smallest absolute Gasteiger partial charge is 0.285 e. The quantitative estimate of drug-likeness (QED) is 0.903. The van der Waals surface area contributed by atoms with Gasteiger partial charge in [0.25, 0.3) is 5.91 Å². The van der Waals surface area contributed by atoms with Crippen molar-refractivity contribution in [2.24, 2.45) is 0 Å². The summed E-state index contributed by atoms with van der Waals surface area (Å²) in [5.74, 6) is -0.411. The zero-order valence-corrected chi connectivity index (χ0v) is 12.0. The van der Waals surface area contributed by atoms with Crippen LogP contribution in [-0.4, -0.2) is 47.2 Å². The summed E-state index contributed by atoms with van der Waals surface area (Å²) >= 11 is 1.08. The molecule has 0 spiro atoms. The van der Waals surface area contributed by atoms with E-state index in [2.05, 4.69) is 10.2 Å². The Kier molecular flexibility index (Phi) is 3.70. The number of carbonyl (C=O) groups is 1. The molecule has 8 heteroatoms. The first kappa shape index (κ1) is 13.7. The van der Waals surface area contributed by atoms with Crippen LogP contribution in [0.3, 0.4) is 0 Å². The topological polar surface area (TPSA) is 75.3 Å². The Bertz CT molecular complexity index is 654. The van der Waals surface area contributed by atoms with Crippen LogP contribution in [0.2, 0.25) is 0 Å². The van der Waals surface area contributed by atoms with E-state index in [4.69, 9.17) is 5.73 Å². The molecule has 2 aromatic rings. The van der Waals surface area contributed by atoms with Gasteiger partial charge in [-0.15, -0.1) is 10.2 Å². The van der Waals surface area contributed by atoms with Crippen molar-refractivity contribution in [2.45, 2.75) is 0 Å². The van der Waals surface area contributed by atoms with Gasteiger partial charge in [-0.1, -0.05) is 23.5 Å². The van der Waals surface area contributed by atoms with Crippen molar-refractivity contribution >= 4 is 28.1 Å². The summed E-state index contributed by atoms with van der Waals surface area (Å²) in [6.45, 7) is 2.21. The first-order valence-corrected chi connectivity index (χ1v) is 7.34. The molecule has 2 N–H and O–H groups in total. The maximum absolute atomic E-state index is 13.7. The van der Waals surface area contributed by atoms with Crippen LogP contribution in [0.1, 0.15) is 9.80 Å². The molecular formula is C13H14FN5OS. The van der Waals surface area contributed by atoms with E-state index >= 15 is 0 Å². The molecule has 0 atom stereocenters. The lowest BCUT2D eigenvalue weighted by Gasteiger charge is -2.35. The summed E-state index contributed by atoms with van der Waals surface area (Å²) in [5, 5.41) is 7.99. The van der Waals surface area contributed by atoms with Gasteiger partial charge in [-0.2, -0.15) is 0 Å². The summed E-state index contributed by atoms with van der Waals surface area (Å²) in [4.78, 5) is 15.8. The maximum atomic E-state index is 13.7. The van der Waals surface area contributed by atoms with Gasteiger partial charge in [-0.3, -0.25) is 4.79 Å². The average Bonchev–Trinajstić information content (AvgIpc) is 2.94. The van der Waals surface area contributed by atoms with Crippen LogP contribution < -0.4 is 10.6 Å². The summed E-state index contributed by atoms with van der Waals surface area (Å²) in [6.07, 6.45) is 0. The fourth-order valence-corrected chi connectivity index (χ4v) is 2.89. The molecule has 1 aliphatic rings. The van der Waals surface area contributed by atoms with E-state index in [1.165, 1.54) is 6.07 Å². The zero-order chi connectivity index (χ0) is 14.8. The number of halogens is 1. The minimum absolute atomic E-state index is 0.169. The molecule has 1 aromatic carbocycles. The molecule has 1 saturated heterocycles. The van der Waals surface area contributed by atoms with Crippen molar-refractivity contribution in [2.75, 3.05) is 36.8 Å². The number of para-hydroxylation sites is 1. The Hall–Kier alpha value is -2.22. The van der Waals surface area contributed by atoms with Gasteiger partial charge in [0.05, 0.1) is 5.69 Å². The molecule has 3 rings (SSSR count). The number of nitrogens with zero attached hydrogens (tertiary/aromatic N) is 4. The van der Waals surface area contributed by atoms with E-state index in [9.17, 15) is 9.18 Å². The molecule has 2 heterocycles. The maximum Gasteiger partial charge on any atom is 0.285 e. The molecular weight excluding hydrogens is 293 g/mol. The van der Waals surface area contributed by atoms with Crippen molar-refractivity contribution in [3.63, 3.8) is 0 Å². The van der Waals surface area contributed by atoms with E-state index in [1.54, 1.807) is 23.1 Å². The minimum Gasteiger partial charge on any atom is -0.374 e. The lowest BCUT2D eigenvalue weighted by molar-refractivity contribution is 0.0745. The molecule has 1 fully saturated rings. The van der Waals surface area contributed by atoms with Crippen molar-refractivity contribution in [3.8, 4) is 0 Å². The molecule has 110 valence electrons. The van der Waals surface area contributed by atoms with E-state index in [1.807, 2.05) is 4.90 Å². The number of amides is 1. The lowest BCUT2D eigenvalue weighted by atomic mass is 10.2. The Morgan fingerprint density at radius 1 is 1.19 bits per heavy atom. The van der Waals surface area contributed by atoms with Crippen LogP contribution in [0.15, 0.2) is 24.3 Å². The molecule has 21 heavy (non-hydrogen) atoms. The number of hydrogen-bond acceptors (Lipinski definition) is 6. The van der Waals surface area contributed by atoms with Gasteiger partial charge in [0.1, 0.15) is 5.82 Å². The molecule has 1 amide bonds. The highest BCUT2D eigenvalue weighted by Crippen LogP contribution is 2.21. The van der Waals surface area contributed by atoms with Crippen LogP contribution in [0.25, 0.3) is 0 Å². The largest absolute Gasteiger partial charge is 0.374 e. The van der Waals surface area contributed by atoms with Gasteiger partial charge in [0, 0.05) is 26.2 Å². The van der Waals surface area contributed by atoms with Crippen LogP contribution in [0.4, 0.5) is 15.2 Å². The Morgan fingerprint density at radius 3 is 2.52 bits per heavy atom. The first-order valence-electron chi connectivity index (χ1n) is 6.53. The van der Waals surface area contributed by atoms with Crippen LogP contribution in [0.5, 0.6) is 0 Å². The minimum atomic E-state index is -0.242. The van der Waals surface area contributed by atoms with Crippen LogP contribution in [-0.2, 0) is 0 Å². The number of hydrogen-bond donors (Lipinski definition) is 1. The predicted octanol–water partition coefficient (Wildman–Crippen LogP) is 1.22. The molecule has 0 radical (unpaired) electrons. The molecule has 0 aliphatic carbocycles. The summed E-state index contributed by atoms with van der Waals surface area (Å²) in [6, 6.07) is 6.66. The summed E-state index contributed by atoms with van der Waals surface area (Å²) < 4.78 is 13.7. The predicted molar refractivity (Wildman–Crippen MR) is 78.8 cm³/mol. The van der Waals surface area contributed by atoms with E-state index in [0.29, 0.717) is 36.9 Å². The Labute approximate surface area is 125 Å². The first-order chi connectivity index (χ1) is 10.1. The average molecular weight is 307 g/mol. The second kappa shape index (κ2) is 5.65. The Morgan fingerprint density at radius 2 is 1.90 bits per heavy atom. The van der Waals surface area contributed by atoms with Gasteiger partial charge in [-0.25, -0.2) is 4.39 Å². The van der Waals surface area contributed by atoms with Crippen LogP contribution in [0, 0.1) is 5.82 Å². The molecule has 1 aromatic heterocycles. The fourth-order valence-electron chi connectivity index (χ4n) is 2.31.